The number of nitrogens with one attached hydrogen (secondary N) is 1. The summed E-state index contributed by atoms with van der Waals surface area (Å²) in [6.07, 6.45) is 3.45. The van der Waals surface area contributed by atoms with Crippen LogP contribution in [0.2, 0.25) is 0 Å². The number of nitrogens with zero attached hydrogens (tertiary/aromatic N) is 1. The Morgan fingerprint density at radius 1 is 1.04 bits per heavy atom. The average Bonchev–Trinajstić information content (AvgIpc) is 2.64. The number of para-hydroxylation sites is 1. The van der Waals surface area contributed by atoms with E-state index in [4.69, 9.17) is 14.2 Å². The molecule has 0 aliphatic heterocycles. The molecule has 0 aliphatic rings. The van der Waals surface area contributed by atoms with Gasteiger partial charge in [-0.15, -0.1) is 0 Å². The lowest BCUT2D eigenvalue weighted by molar-refractivity contribution is 0.354. The zero-order valence-electron chi connectivity index (χ0n) is 14.0. The largest absolute Gasteiger partial charge is 0.493 e. The molecule has 24 heavy (non-hydrogen) atoms. The lowest BCUT2D eigenvalue weighted by Gasteiger charge is -2.09. The smallest absolute Gasteiger partial charge is 0.161 e. The van der Waals surface area contributed by atoms with Crippen molar-refractivity contribution in [2.45, 2.75) is 6.54 Å². The first-order valence-electron chi connectivity index (χ1n) is 7.58. The van der Waals surface area contributed by atoms with Crippen molar-refractivity contribution in [2.75, 3.05) is 20.8 Å². The molecule has 2 aromatic carbocycles. The Balaban J connectivity index is 1.97. The Hall–Kier alpha value is -2.95. The second-order valence-corrected chi connectivity index (χ2v) is 4.92. The van der Waals surface area contributed by atoms with Gasteiger partial charge in [-0.25, -0.2) is 0 Å². The van der Waals surface area contributed by atoms with Crippen molar-refractivity contribution < 1.29 is 14.2 Å². The maximum absolute atomic E-state index is 5.59. The third-order valence-electron chi connectivity index (χ3n) is 3.30. The molecular weight excluding hydrogens is 304 g/mol. The summed E-state index contributed by atoms with van der Waals surface area (Å²) in [5, 5.41) is 4.25. The predicted octanol–water partition coefficient (Wildman–Crippen LogP) is 3.39. The van der Waals surface area contributed by atoms with Gasteiger partial charge in [-0.1, -0.05) is 30.9 Å². The van der Waals surface area contributed by atoms with Gasteiger partial charge in [0.25, 0.3) is 0 Å². The maximum Gasteiger partial charge on any atom is 0.161 e. The van der Waals surface area contributed by atoms with Gasteiger partial charge in [-0.05, 0) is 29.8 Å². The molecule has 2 aromatic rings. The van der Waals surface area contributed by atoms with Gasteiger partial charge in [-0.3, -0.25) is 0 Å². The van der Waals surface area contributed by atoms with Gasteiger partial charge in [0.05, 0.1) is 27.0 Å². The van der Waals surface area contributed by atoms with Crippen LogP contribution < -0.4 is 19.6 Å². The van der Waals surface area contributed by atoms with Crippen molar-refractivity contribution in [3.63, 3.8) is 0 Å². The molecule has 0 amide bonds. The van der Waals surface area contributed by atoms with Crippen molar-refractivity contribution in [3.8, 4) is 17.2 Å². The summed E-state index contributed by atoms with van der Waals surface area (Å²) in [4.78, 5) is 0. The van der Waals surface area contributed by atoms with E-state index in [2.05, 4.69) is 17.1 Å². The molecule has 0 saturated carbocycles. The summed E-state index contributed by atoms with van der Waals surface area (Å²) in [5.41, 5.74) is 4.96. The third kappa shape index (κ3) is 4.78. The van der Waals surface area contributed by atoms with Crippen molar-refractivity contribution >= 4 is 6.21 Å². The van der Waals surface area contributed by atoms with E-state index in [1.165, 1.54) is 0 Å². The number of hydrogen-bond acceptors (Lipinski definition) is 5. The normalized spacial score (nSPS) is 10.4. The highest BCUT2D eigenvalue weighted by atomic mass is 16.5. The van der Waals surface area contributed by atoms with E-state index in [0.29, 0.717) is 24.7 Å². The van der Waals surface area contributed by atoms with Crippen LogP contribution in [0.3, 0.4) is 0 Å². The molecule has 2 rings (SSSR count). The second-order valence-electron chi connectivity index (χ2n) is 4.92. The van der Waals surface area contributed by atoms with Crippen LogP contribution in [-0.2, 0) is 6.54 Å². The Labute approximate surface area is 142 Å². The van der Waals surface area contributed by atoms with Crippen LogP contribution >= 0.6 is 0 Å². The molecule has 0 spiro atoms. The summed E-state index contributed by atoms with van der Waals surface area (Å²) in [6.45, 7) is 4.69. The van der Waals surface area contributed by atoms with E-state index >= 15 is 0 Å². The molecule has 0 saturated heterocycles. The van der Waals surface area contributed by atoms with Gasteiger partial charge < -0.3 is 19.6 Å². The highest BCUT2D eigenvalue weighted by Gasteiger charge is 2.04. The predicted molar refractivity (Wildman–Crippen MR) is 96.1 cm³/mol. The van der Waals surface area contributed by atoms with E-state index in [-0.39, 0.29) is 0 Å². The van der Waals surface area contributed by atoms with Crippen molar-refractivity contribution in [3.05, 3.63) is 66.2 Å². The molecule has 0 aromatic heterocycles. The maximum atomic E-state index is 5.59. The standard InChI is InChI=1S/C19H22N2O3/c1-4-11-24-17-8-6-5-7-16(17)14-21-20-13-15-9-10-18(22-2)19(12-15)23-3/h4-10,12,14,20H,1,11,13H2,2-3H3/b21-14-. The highest BCUT2D eigenvalue weighted by molar-refractivity contribution is 5.83. The van der Waals surface area contributed by atoms with Gasteiger partial charge in [0.15, 0.2) is 11.5 Å². The van der Waals surface area contributed by atoms with Crippen LogP contribution in [0, 0.1) is 0 Å². The van der Waals surface area contributed by atoms with Crippen LogP contribution in [0.5, 0.6) is 17.2 Å². The molecule has 1 N–H and O–H groups in total. The zero-order chi connectivity index (χ0) is 17.2. The minimum atomic E-state index is 0.462. The van der Waals surface area contributed by atoms with Crippen LogP contribution in [-0.4, -0.2) is 27.0 Å². The molecular formula is C19H22N2O3. The Kier molecular flexibility index (Phi) is 6.71. The Morgan fingerprint density at radius 3 is 2.58 bits per heavy atom. The van der Waals surface area contributed by atoms with Crippen LogP contribution in [0.25, 0.3) is 0 Å². The van der Waals surface area contributed by atoms with Crippen molar-refractivity contribution in [1.29, 1.82) is 0 Å². The lowest BCUT2D eigenvalue weighted by atomic mass is 10.2. The van der Waals surface area contributed by atoms with E-state index in [1.807, 2.05) is 42.5 Å². The summed E-state index contributed by atoms with van der Waals surface area (Å²) in [5.74, 6) is 2.18. The molecule has 0 fully saturated rings. The zero-order valence-corrected chi connectivity index (χ0v) is 14.0. The Bertz CT molecular complexity index is 699. The molecule has 5 nitrogen and oxygen atoms in total. The summed E-state index contributed by atoms with van der Waals surface area (Å²) in [7, 11) is 3.24. The molecule has 0 atom stereocenters. The minimum Gasteiger partial charge on any atom is -0.493 e. The van der Waals surface area contributed by atoms with Gasteiger partial charge in [0.1, 0.15) is 12.4 Å². The fraction of sp³-hybridized carbons (Fsp3) is 0.211. The molecule has 126 valence electrons. The molecule has 0 heterocycles. The van der Waals surface area contributed by atoms with Crippen LogP contribution in [0.4, 0.5) is 0 Å². The van der Waals surface area contributed by atoms with Crippen molar-refractivity contribution in [2.24, 2.45) is 5.10 Å². The average molecular weight is 326 g/mol. The van der Waals surface area contributed by atoms with Crippen LogP contribution in [0.1, 0.15) is 11.1 Å². The number of hydrogen-bond donors (Lipinski definition) is 1. The van der Waals surface area contributed by atoms with Gasteiger partial charge in [-0.2, -0.15) is 5.10 Å². The highest BCUT2D eigenvalue weighted by Crippen LogP contribution is 2.27. The van der Waals surface area contributed by atoms with Gasteiger partial charge >= 0.3 is 0 Å². The molecule has 0 radical (unpaired) electrons. The topological polar surface area (TPSA) is 52.1 Å². The Morgan fingerprint density at radius 2 is 1.83 bits per heavy atom. The fourth-order valence-corrected chi connectivity index (χ4v) is 2.11. The number of hydrazone groups is 1. The third-order valence-corrected chi connectivity index (χ3v) is 3.30. The second kappa shape index (κ2) is 9.25. The number of rotatable bonds is 9. The summed E-state index contributed by atoms with van der Waals surface area (Å²) >= 11 is 0. The summed E-state index contributed by atoms with van der Waals surface area (Å²) < 4.78 is 16.1. The number of benzene rings is 2. The first-order chi connectivity index (χ1) is 11.8. The fourth-order valence-electron chi connectivity index (χ4n) is 2.11. The number of ether oxygens (including phenoxy) is 3. The lowest BCUT2D eigenvalue weighted by Crippen LogP contribution is -2.06. The van der Waals surface area contributed by atoms with Gasteiger partial charge in [0.2, 0.25) is 0 Å². The molecule has 0 bridgehead atoms. The van der Waals surface area contributed by atoms with Crippen molar-refractivity contribution in [1.82, 2.24) is 5.43 Å². The van der Waals surface area contributed by atoms with E-state index in [9.17, 15) is 0 Å². The van der Waals surface area contributed by atoms with E-state index < -0.39 is 0 Å². The summed E-state index contributed by atoms with van der Waals surface area (Å²) in [6, 6.07) is 13.5. The quantitative estimate of drug-likeness (QED) is 0.436. The van der Waals surface area contributed by atoms with Gasteiger partial charge in [0, 0.05) is 5.56 Å². The monoisotopic (exact) mass is 326 g/mol. The molecule has 5 heteroatoms. The number of methoxy groups -OCH3 is 2. The van der Waals surface area contributed by atoms with E-state index in [1.54, 1.807) is 26.5 Å². The van der Waals surface area contributed by atoms with Crippen LogP contribution in [0.15, 0.2) is 60.2 Å². The SMILES string of the molecule is C=CCOc1ccccc1/C=N\NCc1ccc(OC)c(OC)c1. The first kappa shape index (κ1) is 17.4. The molecule has 0 aliphatic carbocycles. The first-order valence-corrected chi connectivity index (χ1v) is 7.58. The molecule has 0 unspecified atom stereocenters. The van der Waals surface area contributed by atoms with E-state index in [0.717, 1.165) is 16.9 Å². The minimum absolute atomic E-state index is 0.462.